The number of amides is 1. The number of nitrogens with zero attached hydrogens (tertiary/aromatic N) is 3. The fourth-order valence-corrected chi connectivity index (χ4v) is 1.29. The summed E-state index contributed by atoms with van der Waals surface area (Å²) in [5.41, 5.74) is 6.55. The average molecular weight is 258 g/mol. The van der Waals surface area contributed by atoms with Gasteiger partial charge in [-0.1, -0.05) is 17.2 Å². The molecule has 0 saturated heterocycles. The van der Waals surface area contributed by atoms with Crippen molar-refractivity contribution in [2.24, 2.45) is 5.11 Å². The summed E-state index contributed by atoms with van der Waals surface area (Å²) in [7, 11) is 0. The monoisotopic (exact) mass is 258 g/mol. The van der Waals surface area contributed by atoms with Gasteiger partial charge in [-0.2, -0.15) is 13.2 Å². The van der Waals surface area contributed by atoms with Crippen molar-refractivity contribution < 1.29 is 18.0 Å². The maximum Gasteiger partial charge on any atom is 0.417 e. The summed E-state index contributed by atoms with van der Waals surface area (Å²) >= 11 is 0. The molecule has 0 radical (unpaired) electrons. The number of halogens is 3. The molecule has 8 heteroatoms. The summed E-state index contributed by atoms with van der Waals surface area (Å²) in [6, 6.07) is 4.48. The smallest absolute Gasteiger partial charge is 0.352 e. The SMILES string of the molecule is [N-]=[N+]=NCCNC(=O)c1ccccc1C(F)(F)F. The van der Waals surface area contributed by atoms with Gasteiger partial charge < -0.3 is 5.32 Å². The van der Waals surface area contributed by atoms with Gasteiger partial charge in [0.15, 0.2) is 0 Å². The third kappa shape index (κ3) is 3.67. The van der Waals surface area contributed by atoms with E-state index < -0.39 is 23.2 Å². The summed E-state index contributed by atoms with van der Waals surface area (Å²) in [5.74, 6) is -0.851. The highest BCUT2D eigenvalue weighted by atomic mass is 19.4. The van der Waals surface area contributed by atoms with Gasteiger partial charge in [0.1, 0.15) is 0 Å². The number of azide groups is 1. The minimum Gasteiger partial charge on any atom is -0.352 e. The van der Waals surface area contributed by atoms with E-state index in [0.717, 1.165) is 12.1 Å². The van der Waals surface area contributed by atoms with Gasteiger partial charge in [-0.15, -0.1) is 0 Å². The fraction of sp³-hybridized carbons (Fsp3) is 0.300. The first-order chi connectivity index (χ1) is 8.46. The zero-order chi connectivity index (χ0) is 13.6. The number of rotatable bonds is 4. The van der Waals surface area contributed by atoms with Crippen LogP contribution in [0.3, 0.4) is 0 Å². The molecule has 0 saturated carbocycles. The predicted octanol–water partition coefficient (Wildman–Crippen LogP) is 2.75. The maximum absolute atomic E-state index is 12.6. The molecule has 0 atom stereocenters. The third-order valence-electron chi connectivity index (χ3n) is 2.04. The Morgan fingerprint density at radius 3 is 2.67 bits per heavy atom. The van der Waals surface area contributed by atoms with Crippen LogP contribution in [0.1, 0.15) is 15.9 Å². The van der Waals surface area contributed by atoms with Crippen LogP contribution >= 0.6 is 0 Å². The van der Waals surface area contributed by atoms with Gasteiger partial charge in [0.05, 0.1) is 11.1 Å². The Morgan fingerprint density at radius 1 is 1.39 bits per heavy atom. The van der Waals surface area contributed by atoms with Crippen LogP contribution in [0, 0.1) is 0 Å². The van der Waals surface area contributed by atoms with Gasteiger partial charge in [0.25, 0.3) is 5.91 Å². The van der Waals surface area contributed by atoms with E-state index in [-0.39, 0.29) is 13.1 Å². The Hall–Kier alpha value is -2.21. The molecule has 0 aliphatic carbocycles. The molecule has 0 unspecified atom stereocenters. The number of benzene rings is 1. The highest BCUT2D eigenvalue weighted by Crippen LogP contribution is 2.31. The van der Waals surface area contributed by atoms with Gasteiger partial charge in [0.2, 0.25) is 0 Å². The summed E-state index contributed by atoms with van der Waals surface area (Å²) in [5, 5.41) is 5.39. The lowest BCUT2D eigenvalue weighted by Gasteiger charge is -2.12. The summed E-state index contributed by atoms with van der Waals surface area (Å²) in [4.78, 5) is 14.0. The maximum atomic E-state index is 12.6. The van der Waals surface area contributed by atoms with Gasteiger partial charge >= 0.3 is 6.18 Å². The van der Waals surface area contributed by atoms with E-state index in [1.807, 2.05) is 0 Å². The molecule has 1 aromatic rings. The minimum atomic E-state index is -4.58. The molecule has 1 amide bonds. The van der Waals surface area contributed by atoms with Crippen molar-refractivity contribution in [2.45, 2.75) is 6.18 Å². The Bertz CT molecular complexity index is 480. The first-order valence-corrected chi connectivity index (χ1v) is 4.92. The highest BCUT2D eigenvalue weighted by Gasteiger charge is 2.34. The summed E-state index contributed by atoms with van der Waals surface area (Å²) < 4.78 is 37.8. The van der Waals surface area contributed by atoms with E-state index in [9.17, 15) is 18.0 Å². The van der Waals surface area contributed by atoms with Gasteiger partial charge in [0, 0.05) is 18.0 Å². The van der Waals surface area contributed by atoms with Crippen LogP contribution in [-0.4, -0.2) is 19.0 Å². The van der Waals surface area contributed by atoms with E-state index >= 15 is 0 Å². The third-order valence-corrected chi connectivity index (χ3v) is 2.04. The van der Waals surface area contributed by atoms with E-state index in [0.29, 0.717) is 0 Å². The second-order valence-corrected chi connectivity index (χ2v) is 3.25. The van der Waals surface area contributed by atoms with Crippen molar-refractivity contribution in [3.8, 4) is 0 Å². The van der Waals surface area contributed by atoms with Crippen LogP contribution in [0.2, 0.25) is 0 Å². The molecule has 5 nitrogen and oxygen atoms in total. The Morgan fingerprint density at radius 2 is 2.06 bits per heavy atom. The van der Waals surface area contributed by atoms with E-state index in [4.69, 9.17) is 5.53 Å². The van der Waals surface area contributed by atoms with Crippen LogP contribution in [0.4, 0.5) is 13.2 Å². The molecular weight excluding hydrogens is 249 g/mol. The van der Waals surface area contributed by atoms with Crippen LogP contribution in [0.15, 0.2) is 29.4 Å². The van der Waals surface area contributed by atoms with Crippen LogP contribution in [-0.2, 0) is 6.18 Å². The van der Waals surface area contributed by atoms with E-state index in [1.54, 1.807) is 0 Å². The predicted molar refractivity (Wildman–Crippen MR) is 57.8 cm³/mol. The van der Waals surface area contributed by atoms with E-state index in [2.05, 4.69) is 15.3 Å². The molecule has 1 N–H and O–H groups in total. The Balaban J connectivity index is 2.83. The minimum absolute atomic E-state index is 0.0174. The Kier molecular flexibility index (Phi) is 4.56. The number of hydrogen-bond donors (Lipinski definition) is 1. The van der Waals surface area contributed by atoms with Crippen molar-refractivity contribution in [1.29, 1.82) is 0 Å². The lowest BCUT2D eigenvalue weighted by atomic mass is 10.1. The largest absolute Gasteiger partial charge is 0.417 e. The standard InChI is InChI=1S/C10H9F3N4O/c11-10(12,13)8-4-2-1-3-7(8)9(18)15-5-6-16-17-14/h1-4H,5-6H2,(H,15,18). The van der Waals surface area contributed by atoms with Crippen molar-refractivity contribution in [1.82, 2.24) is 5.32 Å². The van der Waals surface area contributed by atoms with Gasteiger partial charge in [-0.05, 0) is 17.7 Å². The number of nitrogens with one attached hydrogen (secondary N) is 1. The molecule has 0 aromatic heterocycles. The summed E-state index contributed by atoms with van der Waals surface area (Å²) in [6.07, 6.45) is -4.58. The second kappa shape index (κ2) is 5.92. The first-order valence-electron chi connectivity index (χ1n) is 4.92. The van der Waals surface area contributed by atoms with E-state index in [1.165, 1.54) is 12.1 Å². The summed E-state index contributed by atoms with van der Waals surface area (Å²) in [6.45, 7) is -0.0362. The lowest BCUT2D eigenvalue weighted by Crippen LogP contribution is -2.28. The van der Waals surface area contributed by atoms with Crippen LogP contribution in [0.5, 0.6) is 0 Å². The first kappa shape index (κ1) is 13.9. The molecule has 0 bridgehead atoms. The van der Waals surface area contributed by atoms with Crippen molar-refractivity contribution in [3.63, 3.8) is 0 Å². The second-order valence-electron chi connectivity index (χ2n) is 3.25. The zero-order valence-corrected chi connectivity index (χ0v) is 9.11. The van der Waals surface area contributed by atoms with Crippen molar-refractivity contribution in [3.05, 3.63) is 45.8 Å². The molecule has 18 heavy (non-hydrogen) atoms. The molecule has 0 spiro atoms. The molecular formula is C10H9F3N4O. The highest BCUT2D eigenvalue weighted by molar-refractivity contribution is 5.95. The topological polar surface area (TPSA) is 77.9 Å². The number of alkyl halides is 3. The number of carbonyl (C=O) groups excluding carboxylic acids is 1. The molecule has 0 aliphatic heterocycles. The van der Waals surface area contributed by atoms with Crippen molar-refractivity contribution >= 4 is 5.91 Å². The van der Waals surface area contributed by atoms with Crippen LogP contribution in [0.25, 0.3) is 10.4 Å². The van der Waals surface area contributed by atoms with Crippen LogP contribution < -0.4 is 5.32 Å². The fourth-order valence-electron chi connectivity index (χ4n) is 1.29. The Labute approximate surface area is 100 Å². The normalized spacial score (nSPS) is 10.6. The molecule has 0 heterocycles. The molecule has 0 fully saturated rings. The zero-order valence-electron chi connectivity index (χ0n) is 9.11. The number of carbonyl (C=O) groups is 1. The average Bonchev–Trinajstić information content (AvgIpc) is 2.33. The lowest BCUT2D eigenvalue weighted by molar-refractivity contribution is -0.137. The quantitative estimate of drug-likeness (QED) is 0.383. The van der Waals surface area contributed by atoms with Gasteiger partial charge in [-0.25, -0.2) is 0 Å². The molecule has 1 aromatic carbocycles. The molecule has 0 aliphatic rings. The molecule has 96 valence electrons. The van der Waals surface area contributed by atoms with Crippen molar-refractivity contribution in [2.75, 3.05) is 13.1 Å². The molecule has 1 rings (SSSR count). The van der Waals surface area contributed by atoms with Gasteiger partial charge in [-0.3, -0.25) is 4.79 Å². The number of hydrogen-bond acceptors (Lipinski definition) is 2.